The van der Waals surface area contributed by atoms with Gasteiger partial charge < -0.3 is 23.7 Å². The van der Waals surface area contributed by atoms with E-state index in [1.807, 2.05) is 36.4 Å². The first kappa shape index (κ1) is 22.9. The molecular weight excluding hydrogens is 390 g/mol. The van der Waals surface area contributed by atoms with E-state index < -0.39 is 0 Å². The Kier molecular flexibility index (Phi) is 8.18. The summed E-state index contributed by atoms with van der Waals surface area (Å²) in [4.78, 5) is 7.20. The monoisotopic (exact) mass is 425 g/mol. The zero-order valence-corrected chi connectivity index (χ0v) is 19.4. The Morgan fingerprint density at radius 2 is 1.71 bits per heavy atom. The number of hydrogen-bond donors (Lipinski definition) is 0. The molecule has 6 heteroatoms. The molecule has 0 amide bonds. The quantitative estimate of drug-likeness (QED) is 0.409. The minimum absolute atomic E-state index is 0.396. The van der Waals surface area contributed by atoms with Crippen LogP contribution in [0, 0.1) is 5.92 Å². The summed E-state index contributed by atoms with van der Waals surface area (Å²) in [5.41, 5.74) is 2.04. The lowest BCUT2D eigenvalue weighted by atomic mass is 10.2. The molecule has 3 aromatic rings. The van der Waals surface area contributed by atoms with Crippen LogP contribution in [-0.2, 0) is 13.2 Å². The highest BCUT2D eigenvalue weighted by atomic mass is 16.5. The molecule has 0 aliphatic heterocycles. The van der Waals surface area contributed by atoms with E-state index in [-0.39, 0.29) is 0 Å². The SMILES string of the molecule is CCN(CC)CCOc1ccc2nc(COc3cccc(OC)c3)n(CC(C)C)c2c1. The Hall–Kier alpha value is -2.73. The van der Waals surface area contributed by atoms with E-state index in [0.29, 0.717) is 19.1 Å². The van der Waals surface area contributed by atoms with Crippen molar-refractivity contribution in [1.29, 1.82) is 0 Å². The molecule has 0 unspecified atom stereocenters. The van der Waals surface area contributed by atoms with Crippen LogP contribution in [0.15, 0.2) is 42.5 Å². The number of ether oxygens (including phenoxy) is 3. The van der Waals surface area contributed by atoms with Crippen molar-refractivity contribution in [2.75, 3.05) is 33.4 Å². The van der Waals surface area contributed by atoms with Crippen molar-refractivity contribution >= 4 is 11.0 Å². The third kappa shape index (κ3) is 6.14. The van der Waals surface area contributed by atoms with Gasteiger partial charge in [0, 0.05) is 25.2 Å². The smallest absolute Gasteiger partial charge is 0.148 e. The summed E-state index contributed by atoms with van der Waals surface area (Å²) in [6, 6.07) is 13.8. The van der Waals surface area contributed by atoms with Gasteiger partial charge in [-0.1, -0.05) is 33.8 Å². The van der Waals surface area contributed by atoms with Crippen molar-refractivity contribution in [3.8, 4) is 17.2 Å². The molecule has 0 bridgehead atoms. The van der Waals surface area contributed by atoms with Crippen molar-refractivity contribution in [3.05, 3.63) is 48.3 Å². The zero-order chi connectivity index (χ0) is 22.2. The summed E-state index contributed by atoms with van der Waals surface area (Å²) in [7, 11) is 1.66. The first-order valence-electron chi connectivity index (χ1n) is 11.1. The van der Waals surface area contributed by atoms with Crippen LogP contribution in [0.5, 0.6) is 17.2 Å². The third-order valence-corrected chi connectivity index (χ3v) is 5.33. The molecule has 31 heavy (non-hydrogen) atoms. The Morgan fingerprint density at radius 1 is 0.968 bits per heavy atom. The van der Waals surface area contributed by atoms with Crippen molar-refractivity contribution in [2.24, 2.45) is 5.92 Å². The van der Waals surface area contributed by atoms with E-state index in [9.17, 15) is 0 Å². The molecule has 1 heterocycles. The summed E-state index contributed by atoms with van der Waals surface area (Å²) in [6.45, 7) is 13.7. The van der Waals surface area contributed by atoms with E-state index in [1.54, 1.807) is 7.11 Å². The third-order valence-electron chi connectivity index (χ3n) is 5.33. The van der Waals surface area contributed by atoms with Crippen LogP contribution in [0.3, 0.4) is 0 Å². The number of fused-ring (bicyclic) bond motifs is 1. The van der Waals surface area contributed by atoms with Gasteiger partial charge in [-0.05, 0) is 43.3 Å². The van der Waals surface area contributed by atoms with Gasteiger partial charge in [-0.25, -0.2) is 4.98 Å². The molecule has 6 nitrogen and oxygen atoms in total. The molecule has 0 N–H and O–H groups in total. The maximum atomic E-state index is 6.04. The number of aromatic nitrogens is 2. The molecule has 0 atom stereocenters. The molecule has 0 aliphatic carbocycles. The fraction of sp³-hybridized carbons (Fsp3) is 0.480. The van der Waals surface area contributed by atoms with Gasteiger partial charge >= 0.3 is 0 Å². The summed E-state index contributed by atoms with van der Waals surface area (Å²) in [5, 5.41) is 0. The maximum Gasteiger partial charge on any atom is 0.148 e. The van der Waals surface area contributed by atoms with E-state index in [4.69, 9.17) is 19.2 Å². The Bertz CT molecular complexity index is 964. The Balaban J connectivity index is 1.78. The average Bonchev–Trinajstić information content (AvgIpc) is 3.11. The standard InChI is InChI=1S/C25H35N3O3/c1-6-27(7-2)13-14-30-22-11-12-23-24(16-22)28(17-19(3)4)25(26-23)18-31-21-10-8-9-20(15-21)29-5/h8-12,15-16,19H,6-7,13-14,17-18H2,1-5H3. The molecule has 1 aromatic heterocycles. The van der Waals surface area contributed by atoms with Crippen LogP contribution in [-0.4, -0.2) is 47.8 Å². The molecule has 2 aromatic carbocycles. The lowest BCUT2D eigenvalue weighted by Gasteiger charge is -2.18. The number of benzene rings is 2. The van der Waals surface area contributed by atoms with Crippen molar-refractivity contribution < 1.29 is 14.2 Å². The molecule has 0 fully saturated rings. The summed E-state index contributed by atoms with van der Waals surface area (Å²) >= 11 is 0. The maximum absolute atomic E-state index is 6.04. The van der Waals surface area contributed by atoms with Gasteiger partial charge in [0.15, 0.2) is 0 Å². The zero-order valence-electron chi connectivity index (χ0n) is 19.4. The van der Waals surface area contributed by atoms with Gasteiger partial charge in [-0.2, -0.15) is 0 Å². The molecule has 0 saturated carbocycles. The molecular formula is C25H35N3O3. The number of nitrogens with zero attached hydrogens (tertiary/aromatic N) is 3. The van der Waals surface area contributed by atoms with Gasteiger partial charge in [-0.15, -0.1) is 0 Å². The van der Waals surface area contributed by atoms with E-state index in [2.05, 4.69) is 43.2 Å². The fourth-order valence-electron chi connectivity index (χ4n) is 3.59. The molecule has 3 rings (SSSR count). The van der Waals surface area contributed by atoms with Gasteiger partial charge in [0.2, 0.25) is 0 Å². The largest absolute Gasteiger partial charge is 0.497 e. The highest BCUT2D eigenvalue weighted by Gasteiger charge is 2.14. The van der Waals surface area contributed by atoms with Crippen LogP contribution in [0.4, 0.5) is 0 Å². The van der Waals surface area contributed by atoms with Gasteiger partial charge in [-0.3, -0.25) is 0 Å². The first-order chi connectivity index (χ1) is 15.0. The van der Waals surface area contributed by atoms with E-state index >= 15 is 0 Å². The molecule has 0 aliphatic rings. The minimum atomic E-state index is 0.396. The van der Waals surface area contributed by atoms with Gasteiger partial charge in [0.05, 0.1) is 18.1 Å². The molecule has 168 valence electrons. The minimum Gasteiger partial charge on any atom is -0.497 e. The number of methoxy groups -OCH3 is 1. The number of rotatable bonds is 12. The Morgan fingerprint density at radius 3 is 2.42 bits per heavy atom. The predicted molar refractivity (Wildman–Crippen MR) is 125 cm³/mol. The lowest BCUT2D eigenvalue weighted by Crippen LogP contribution is -2.27. The highest BCUT2D eigenvalue weighted by molar-refractivity contribution is 5.77. The molecule has 0 saturated heterocycles. The van der Waals surface area contributed by atoms with E-state index in [1.165, 1.54) is 0 Å². The average molecular weight is 426 g/mol. The van der Waals surface area contributed by atoms with Crippen molar-refractivity contribution in [3.63, 3.8) is 0 Å². The summed E-state index contributed by atoms with van der Waals surface area (Å²) in [5.74, 6) is 3.82. The number of likely N-dealkylation sites (N-methyl/N-ethyl adjacent to an activating group) is 1. The second-order valence-corrected chi connectivity index (χ2v) is 8.03. The lowest BCUT2D eigenvalue weighted by molar-refractivity contribution is 0.223. The molecule has 0 radical (unpaired) electrons. The number of imidazole rings is 1. The van der Waals surface area contributed by atoms with Gasteiger partial charge in [0.1, 0.15) is 36.3 Å². The number of hydrogen-bond acceptors (Lipinski definition) is 5. The van der Waals surface area contributed by atoms with Crippen LogP contribution >= 0.6 is 0 Å². The second kappa shape index (κ2) is 11.0. The molecule has 0 spiro atoms. The topological polar surface area (TPSA) is 48.8 Å². The predicted octanol–water partition coefficient (Wildman–Crippen LogP) is 5.00. The van der Waals surface area contributed by atoms with Crippen LogP contribution in [0.2, 0.25) is 0 Å². The van der Waals surface area contributed by atoms with Crippen LogP contribution in [0.1, 0.15) is 33.5 Å². The van der Waals surface area contributed by atoms with Crippen molar-refractivity contribution in [1.82, 2.24) is 14.5 Å². The van der Waals surface area contributed by atoms with Gasteiger partial charge in [0.25, 0.3) is 0 Å². The van der Waals surface area contributed by atoms with E-state index in [0.717, 1.165) is 60.3 Å². The Labute approximate surface area is 185 Å². The fourth-order valence-corrected chi connectivity index (χ4v) is 3.59. The highest BCUT2D eigenvalue weighted by Crippen LogP contribution is 2.25. The van der Waals surface area contributed by atoms with Crippen LogP contribution in [0.25, 0.3) is 11.0 Å². The van der Waals surface area contributed by atoms with Crippen molar-refractivity contribution in [2.45, 2.75) is 40.8 Å². The second-order valence-electron chi connectivity index (χ2n) is 8.03. The van der Waals surface area contributed by atoms with Crippen LogP contribution < -0.4 is 14.2 Å². The normalized spacial score (nSPS) is 11.5. The summed E-state index contributed by atoms with van der Waals surface area (Å²) < 4.78 is 19.6. The summed E-state index contributed by atoms with van der Waals surface area (Å²) in [6.07, 6.45) is 0. The first-order valence-corrected chi connectivity index (χ1v) is 11.1.